The van der Waals surface area contributed by atoms with Crippen LogP contribution in [0.15, 0.2) is 42.0 Å². The Morgan fingerprint density at radius 3 is 2.21 bits per heavy atom. The molecule has 3 rings (SSSR count). The van der Waals surface area contributed by atoms with Gasteiger partial charge in [-0.05, 0) is 55.3 Å². The van der Waals surface area contributed by atoms with Crippen LogP contribution >= 0.6 is 0 Å². The highest BCUT2D eigenvalue weighted by Gasteiger charge is 2.37. The van der Waals surface area contributed by atoms with E-state index in [0.717, 1.165) is 16.0 Å². The normalized spacial score (nSPS) is 15.6. The fourth-order valence-electron chi connectivity index (χ4n) is 3.06. The van der Waals surface area contributed by atoms with Crippen LogP contribution < -0.4 is 19.7 Å². The molecule has 1 aliphatic heterocycles. The summed E-state index contributed by atoms with van der Waals surface area (Å²) in [4.78, 5) is 38.7. The van der Waals surface area contributed by atoms with Crippen LogP contribution in [-0.2, 0) is 9.59 Å². The number of hydrogen-bond donors (Lipinski definition) is 1. The van der Waals surface area contributed by atoms with E-state index in [1.807, 2.05) is 19.9 Å². The highest BCUT2D eigenvalue weighted by Crippen LogP contribution is 2.29. The van der Waals surface area contributed by atoms with E-state index in [9.17, 15) is 14.4 Å². The molecule has 0 atom stereocenters. The van der Waals surface area contributed by atoms with Gasteiger partial charge in [0, 0.05) is 11.6 Å². The number of urea groups is 1. The number of ether oxygens (including phenoxy) is 2. The van der Waals surface area contributed by atoms with Gasteiger partial charge in [-0.25, -0.2) is 9.69 Å². The van der Waals surface area contributed by atoms with E-state index in [4.69, 9.17) is 9.47 Å². The molecule has 2 aromatic rings. The molecule has 1 aliphatic rings. The number of rotatable bonds is 4. The van der Waals surface area contributed by atoms with Gasteiger partial charge in [-0.2, -0.15) is 0 Å². The van der Waals surface area contributed by atoms with E-state index in [1.54, 1.807) is 30.3 Å². The summed E-state index contributed by atoms with van der Waals surface area (Å²) in [5, 5.41) is 2.22. The topological polar surface area (TPSA) is 84.9 Å². The fraction of sp³-hybridized carbons (Fsp3) is 0.190. The first-order chi connectivity index (χ1) is 13.3. The Labute approximate surface area is 162 Å². The predicted octanol–water partition coefficient (Wildman–Crippen LogP) is 2.99. The molecular formula is C21H20N2O5. The van der Waals surface area contributed by atoms with Gasteiger partial charge in [-0.1, -0.05) is 6.07 Å². The van der Waals surface area contributed by atoms with Crippen LogP contribution in [0.4, 0.5) is 10.5 Å². The molecule has 144 valence electrons. The number of amides is 4. The average molecular weight is 380 g/mol. The third-order valence-corrected chi connectivity index (χ3v) is 4.31. The van der Waals surface area contributed by atoms with E-state index in [-0.39, 0.29) is 5.57 Å². The summed E-state index contributed by atoms with van der Waals surface area (Å²) >= 11 is 0. The van der Waals surface area contributed by atoms with E-state index >= 15 is 0 Å². The molecule has 0 bridgehead atoms. The molecule has 0 aromatic heterocycles. The largest absolute Gasteiger partial charge is 0.497 e. The SMILES string of the molecule is COc1ccc(C=C2C(=O)NC(=O)N(c3cc(C)cc(C)c3)C2=O)c(OC)c1. The van der Waals surface area contributed by atoms with Crippen molar-refractivity contribution in [2.24, 2.45) is 0 Å². The highest BCUT2D eigenvalue weighted by molar-refractivity contribution is 6.39. The minimum atomic E-state index is -0.779. The van der Waals surface area contributed by atoms with Crippen molar-refractivity contribution in [3.63, 3.8) is 0 Å². The number of nitrogens with one attached hydrogen (secondary N) is 1. The first-order valence-corrected chi connectivity index (χ1v) is 8.56. The Kier molecular flexibility index (Phi) is 5.17. The summed E-state index contributed by atoms with van der Waals surface area (Å²) in [5.41, 5.74) is 2.54. The van der Waals surface area contributed by atoms with Gasteiger partial charge in [0.25, 0.3) is 11.8 Å². The van der Waals surface area contributed by atoms with E-state index in [1.165, 1.54) is 20.3 Å². The van der Waals surface area contributed by atoms with E-state index in [0.29, 0.717) is 22.7 Å². The summed E-state index contributed by atoms with van der Waals surface area (Å²) < 4.78 is 10.5. The second kappa shape index (κ2) is 7.56. The molecule has 1 heterocycles. The molecule has 0 radical (unpaired) electrons. The smallest absolute Gasteiger partial charge is 0.335 e. The van der Waals surface area contributed by atoms with Crippen LogP contribution in [0, 0.1) is 13.8 Å². The lowest BCUT2D eigenvalue weighted by molar-refractivity contribution is -0.122. The highest BCUT2D eigenvalue weighted by atomic mass is 16.5. The Bertz CT molecular complexity index is 990. The van der Waals surface area contributed by atoms with E-state index in [2.05, 4.69) is 5.32 Å². The molecule has 7 heteroatoms. The number of benzene rings is 2. The molecule has 2 aromatic carbocycles. The van der Waals surface area contributed by atoms with Gasteiger partial charge in [0.05, 0.1) is 19.9 Å². The van der Waals surface area contributed by atoms with Gasteiger partial charge in [0.2, 0.25) is 0 Å². The lowest BCUT2D eigenvalue weighted by atomic mass is 10.0. The van der Waals surface area contributed by atoms with Crippen molar-refractivity contribution in [3.05, 3.63) is 58.7 Å². The molecule has 4 amide bonds. The predicted molar refractivity (Wildman–Crippen MR) is 104 cm³/mol. The lowest BCUT2D eigenvalue weighted by Crippen LogP contribution is -2.54. The minimum Gasteiger partial charge on any atom is -0.497 e. The number of carbonyl (C=O) groups is 3. The van der Waals surface area contributed by atoms with Crippen molar-refractivity contribution in [1.29, 1.82) is 0 Å². The Morgan fingerprint density at radius 1 is 0.929 bits per heavy atom. The first-order valence-electron chi connectivity index (χ1n) is 8.56. The molecular weight excluding hydrogens is 360 g/mol. The average Bonchev–Trinajstić information content (AvgIpc) is 2.64. The van der Waals surface area contributed by atoms with Crippen molar-refractivity contribution in [3.8, 4) is 11.5 Å². The number of anilines is 1. The fourth-order valence-corrected chi connectivity index (χ4v) is 3.06. The van der Waals surface area contributed by atoms with Crippen LogP contribution in [0.3, 0.4) is 0 Å². The Balaban J connectivity index is 2.06. The number of imide groups is 2. The molecule has 1 fully saturated rings. The maximum absolute atomic E-state index is 13.0. The second-order valence-electron chi connectivity index (χ2n) is 6.41. The molecule has 0 spiro atoms. The van der Waals surface area contributed by atoms with Gasteiger partial charge in [-0.15, -0.1) is 0 Å². The van der Waals surface area contributed by atoms with Crippen LogP contribution in [0.25, 0.3) is 6.08 Å². The van der Waals surface area contributed by atoms with Gasteiger partial charge in [0.1, 0.15) is 17.1 Å². The summed E-state index contributed by atoms with van der Waals surface area (Å²) in [6, 6.07) is 9.58. The molecule has 7 nitrogen and oxygen atoms in total. The van der Waals surface area contributed by atoms with Crippen molar-refractivity contribution >= 4 is 29.6 Å². The van der Waals surface area contributed by atoms with Crippen molar-refractivity contribution in [1.82, 2.24) is 5.32 Å². The first kappa shape index (κ1) is 19.2. The van der Waals surface area contributed by atoms with Crippen molar-refractivity contribution < 1.29 is 23.9 Å². The molecule has 1 saturated heterocycles. The molecule has 0 aliphatic carbocycles. The summed E-state index contributed by atoms with van der Waals surface area (Å²) in [6.45, 7) is 3.74. The maximum Gasteiger partial charge on any atom is 0.335 e. The lowest BCUT2D eigenvalue weighted by Gasteiger charge is -2.27. The van der Waals surface area contributed by atoms with Gasteiger partial charge in [0.15, 0.2) is 0 Å². The molecule has 0 unspecified atom stereocenters. The minimum absolute atomic E-state index is 0.165. The number of barbiturate groups is 1. The Morgan fingerprint density at radius 2 is 1.61 bits per heavy atom. The maximum atomic E-state index is 13.0. The number of aryl methyl sites for hydroxylation is 2. The summed E-state index contributed by atoms with van der Waals surface area (Å²) in [7, 11) is 3.00. The zero-order chi connectivity index (χ0) is 20.4. The third-order valence-electron chi connectivity index (χ3n) is 4.31. The van der Waals surface area contributed by atoms with Gasteiger partial charge >= 0.3 is 6.03 Å². The van der Waals surface area contributed by atoms with Crippen LogP contribution in [0.2, 0.25) is 0 Å². The van der Waals surface area contributed by atoms with Crippen molar-refractivity contribution in [2.45, 2.75) is 13.8 Å². The monoisotopic (exact) mass is 380 g/mol. The Hall–Kier alpha value is -3.61. The zero-order valence-corrected chi connectivity index (χ0v) is 16.0. The summed E-state index contributed by atoms with van der Waals surface area (Å²) in [5.74, 6) is -0.446. The third kappa shape index (κ3) is 3.59. The van der Waals surface area contributed by atoms with Gasteiger partial charge < -0.3 is 9.47 Å². The van der Waals surface area contributed by atoms with E-state index < -0.39 is 17.8 Å². The van der Waals surface area contributed by atoms with Crippen LogP contribution in [0.5, 0.6) is 11.5 Å². The number of methoxy groups -OCH3 is 2. The summed E-state index contributed by atoms with van der Waals surface area (Å²) in [6.07, 6.45) is 1.40. The van der Waals surface area contributed by atoms with Crippen molar-refractivity contribution in [2.75, 3.05) is 19.1 Å². The quantitative estimate of drug-likeness (QED) is 0.651. The number of nitrogens with zero attached hydrogens (tertiary/aromatic N) is 1. The number of hydrogen-bond acceptors (Lipinski definition) is 5. The van der Waals surface area contributed by atoms with Crippen LogP contribution in [0.1, 0.15) is 16.7 Å². The van der Waals surface area contributed by atoms with Gasteiger partial charge in [-0.3, -0.25) is 14.9 Å². The van der Waals surface area contributed by atoms with Crippen LogP contribution in [-0.4, -0.2) is 32.1 Å². The molecule has 1 N–H and O–H groups in total. The zero-order valence-electron chi connectivity index (χ0n) is 16.0. The number of carbonyl (C=O) groups excluding carboxylic acids is 3. The molecule has 0 saturated carbocycles. The molecule has 28 heavy (non-hydrogen) atoms. The second-order valence-corrected chi connectivity index (χ2v) is 6.41. The standard InChI is InChI=1S/C21H20N2O5/c1-12-7-13(2)9-15(8-12)23-20(25)17(19(24)22-21(23)26)10-14-5-6-16(27-3)11-18(14)28-4/h5-11H,1-4H3,(H,22,24,26).